The van der Waals surface area contributed by atoms with Crippen molar-refractivity contribution in [2.24, 2.45) is 5.73 Å². The summed E-state index contributed by atoms with van der Waals surface area (Å²) >= 11 is 0. The third-order valence-electron chi connectivity index (χ3n) is 2.67. The van der Waals surface area contributed by atoms with Gasteiger partial charge in [0.25, 0.3) is 0 Å². The van der Waals surface area contributed by atoms with E-state index in [1.807, 2.05) is 12.1 Å². The van der Waals surface area contributed by atoms with Gasteiger partial charge in [0.2, 0.25) is 0 Å². The molecular formula is C11H18Cl2N2O. The maximum absolute atomic E-state index is 5.82. The first kappa shape index (κ1) is 15.5. The van der Waals surface area contributed by atoms with E-state index in [2.05, 4.69) is 4.98 Å². The van der Waals surface area contributed by atoms with Gasteiger partial charge in [-0.1, -0.05) is 0 Å². The van der Waals surface area contributed by atoms with E-state index in [0.29, 0.717) is 12.1 Å². The second-order valence-electron chi connectivity index (χ2n) is 3.84. The molecule has 1 aromatic heterocycles. The maximum Gasteiger partial charge on any atom is 0.122 e. The van der Waals surface area contributed by atoms with Crippen LogP contribution in [0.3, 0.4) is 0 Å². The number of ether oxygens (including phenoxy) is 1. The minimum Gasteiger partial charge on any atom is -0.490 e. The van der Waals surface area contributed by atoms with Crippen LogP contribution >= 0.6 is 24.8 Å². The molecule has 92 valence electrons. The van der Waals surface area contributed by atoms with Crippen molar-refractivity contribution in [3.63, 3.8) is 0 Å². The molecule has 0 aliphatic heterocycles. The summed E-state index contributed by atoms with van der Waals surface area (Å²) in [6, 6.07) is 4.18. The summed E-state index contributed by atoms with van der Waals surface area (Å²) in [4.78, 5) is 3.95. The first-order valence-electron chi connectivity index (χ1n) is 5.17. The largest absolute Gasteiger partial charge is 0.490 e. The maximum atomic E-state index is 5.82. The summed E-state index contributed by atoms with van der Waals surface area (Å²) in [5.74, 6) is 0.917. The van der Waals surface area contributed by atoms with Gasteiger partial charge in [0.15, 0.2) is 0 Å². The molecule has 1 aromatic rings. The van der Waals surface area contributed by atoms with Gasteiger partial charge in [0.05, 0.1) is 6.10 Å². The molecule has 0 bridgehead atoms. The molecule has 0 unspecified atom stereocenters. The molecule has 2 rings (SSSR count). The smallest absolute Gasteiger partial charge is 0.122 e. The predicted octanol–water partition coefficient (Wildman–Crippen LogP) is 2.57. The Balaban J connectivity index is 0.00000112. The molecule has 1 aliphatic carbocycles. The second kappa shape index (κ2) is 7.71. The van der Waals surface area contributed by atoms with Gasteiger partial charge < -0.3 is 10.5 Å². The van der Waals surface area contributed by atoms with Gasteiger partial charge >= 0.3 is 0 Å². The Kier molecular flexibility index (Phi) is 7.47. The fraction of sp³-hybridized carbons (Fsp3) is 0.545. The van der Waals surface area contributed by atoms with Crippen LogP contribution in [0.25, 0.3) is 0 Å². The Morgan fingerprint density at radius 2 is 1.62 bits per heavy atom. The van der Waals surface area contributed by atoms with Crippen LogP contribution in [-0.4, -0.2) is 17.1 Å². The number of aromatic nitrogens is 1. The van der Waals surface area contributed by atoms with E-state index < -0.39 is 0 Å². The fourth-order valence-corrected chi connectivity index (χ4v) is 1.82. The van der Waals surface area contributed by atoms with Crippen LogP contribution in [0, 0.1) is 0 Å². The van der Waals surface area contributed by atoms with Crippen LogP contribution in [0.1, 0.15) is 25.7 Å². The second-order valence-corrected chi connectivity index (χ2v) is 3.84. The normalized spacial score (nSPS) is 23.8. The molecule has 1 fully saturated rings. The van der Waals surface area contributed by atoms with Crippen molar-refractivity contribution < 1.29 is 4.74 Å². The summed E-state index contributed by atoms with van der Waals surface area (Å²) in [6.45, 7) is 0. The minimum absolute atomic E-state index is 0. The molecule has 1 saturated carbocycles. The standard InChI is InChI=1S/C11H16N2O.2ClH/c12-9-1-3-10(4-2-9)14-11-5-7-13-8-6-11;;/h5-10H,1-4,12H2;2*1H/t9-,10-;;. The zero-order chi connectivity index (χ0) is 9.80. The van der Waals surface area contributed by atoms with Crippen LogP contribution < -0.4 is 10.5 Å². The number of halogens is 2. The highest BCUT2D eigenvalue weighted by atomic mass is 35.5. The average molecular weight is 265 g/mol. The van der Waals surface area contributed by atoms with Crippen LogP contribution in [0.5, 0.6) is 5.75 Å². The monoisotopic (exact) mass is 264 g/mol. The van der Waals surface area contributed by atoms with Gasteiger partial charge in [-0.05, 0) is 37.8 Å². The van der Waals surface area contributed by atoms with Gasteiger partial charge in [0.1, 0.15) is 5.75 Å². The van der Waals surface area contributed by atoms with Crippen LogP contribution in [0.2, 0.25) is 0 Å². The van der Waals surface area contributed by atoms with Gasteiger partial charge in [-0.15, -0.1) is 24.8 Å². The Morgan fingerprint density at radius 1 is 1.06 bits per heavy atom. The molecule has 1 heterocycles. The molecular weight excluding hydrogens is 247 g/mol. The number of hydrogen-bond donors (Lipinski definition) is 1. The molecule has 3 nitrogen and oxygen atoms in total. The highest BCUT2D eigenvalue weighted by Crippen LogP contribution is 2.22. The topological polar surface area (TPSA) is 48.1 Å². The average Bonchev–Trinajstić information content (AvgIpc) is 2.23. The third-order valence-corrected chi connectivity index (χ3v) is 2.67. The molecule has 2 N–H and O–H groups in total. The lowest BCUT2D eigenvalue weighted by molar-refractivity contribution is 0.147. The van der Waals surface area contributed by atoms with E-state index >= 15 is 0 Å². The lowest BCUT2D eigenvalue weighted by Crippen LogP contribution is -2.31. The quantitative estimate of drug-likeness (QED) is 0.894. The van der Waals surface area contributed by atoms with E-state index in [-0.39, 0.29) is 24.8 Å². The fourth-order valence-electron chi connectivity index (χ4n) is 1.82. The Hall–Kier alpha value is -0.510. The van der Waals surface area contributed by atoms with E-state index in [9.17, 15) is 0 Å². The van der Waals surface area contributed by atoms with E-state index in [0.717, 1.165) is 31.4 Å². The molecule has 0 atom stereocenters. The van der Waals surface area contributed by atoms with E-state index in [1.165, 1.54) is 0 Å². The van der Waals surface area contributed by atoms with Crippen molar-refractivity contribution in [3.05, 3.63) is 24.5 Å². The Morgan fingerprint density at radius 3 is 2.19 bits per heavy atom. The van der Waals surface area contributed by atoms with Crippen molar-refractivity contribution in [2.75, 3.05) is 0 Å². The van der Waals surface area contributed by atoms with Crippen LogP contribution in [0.4, 0.5) is 0 Å². The van der Waals surface area contributed by atoms with Crippen molar-refractivity contribution in [3.8, 4) is 5.75 Å². The highest BCUT2D eigenvalue weighted by Gasteiger charge is 2.19. The summed E-state index contributed by atoms with van der Waals surface area (Å²) in [5.41, 5.74) is 5.82. The minimum atomic E-state index is 0. The van der Waals surface area contributed by atoms with Gasteiger partial charge in [0, 0.05) is 18.4 Å². The lowest BCUT2D eigenvalue weighted by Gasteiger charge is -2.26. The van der Waals surface area contributed by atoms with Crippen molar-refractivity contribution in [1.29, 1.82) is 0 Å². The first-order valence-corrected chi connectivity index (χ1v) is 5.17. The zero-order valence-corrected chi connectivity index (χ0v) is 10.7. The molecule has 0 aromatic carbocycles. The number of nitrogens with zero attached hydrogens (tertiary/aromatic N) is 1. The number of pyridine rings is 1. The lowest BCUT2D eigenvalue weighted by atomic mass is 9.94. The molecule has 0 saturated heterocycles. The van der Waals surface area contributed by atoms with Gasteiger partial charge in [-0.25, -0.2) is 0 Å². The van der Waals surface area contributed by atoms with E-state index in [1.54, 1.807) is 12.4 Å². The third kappa shape index (κ3) is 4.56. The van der Waals surface area contributed by atoms with Crippen LogP contribution in [0.15, 0.2) is 24.5 Å². The SMILES string of the molecule is Cl.Cl.N[C@H]1CC[C@H](Oc2ccncc2)CC1. The zero-order valence-electron chi connectivity index (χ0n) is 9.04. The Bertz CT molecular complexity index is 277. The summed E-state index contributed by atoms with van der Waals surface area (Å²) in [7, 11) is 0. The molecule has 16 heavy (non-hydrogen) atoms. The van der Waals surface area contributed by atoms with E-state index in [4.69, 9.17) is 10.5 Å². The first-order chi connectivity index (χ1) is 6.84. The van der Waals surface area contributed by atoms with Gasteiger partial charge in [-0.3, -0.25) is 4.98 Å². The number of hydrogen-bond acceptors (Lipinski definition) is 3. The molecule has 0 spiro atoms. The number of rotatable bonds is 2. The molecule has 5 heteroatoms. The summed E-state index contributed by atoms with van der Waals surface area (Å²) in [5, 5.41) is 0. The van der Waals surface area contributed by atoms with Crippen molar-refractivity contribution in [1.82, 2.24) is 4.98 Å². The van der Waals surface area contributed by atoms with Gasteiger partial charge in [-0.2, -0.15) is 0 Å². The molecule has 0 radical (unpaired) electrons. The summed E-state index contributed by atoms with van der Waals surface area (Å²) in [6.07, 6.45) is 8.16. The number of nitrogens with two attached hydrogens (primary N) is 1. The van der Waals surface area contributed by atoms with Crippen LogP contribution in [-0.2, 0) is 0 Å². The predicted molar refractivity (Wildman–Crippen MR) is 69.6 cm³/mol. The Labute approximate surface area is 109 Å². The molecule has 0 amide bonds. The molecule has 1 aliphatic rings. The van der Waals surface area contributed by atoms with Crippen molar-refractivity contribution in [2.45, 2.75) is 37.8 Å². The highest BCUT2D eigenvalue weighted by molar-refractivity contribution is 5.85. The van der Waals surface area contributed by atoms with Crippen molar-refractivity contribution >= 4 is 24.8 Å². The summed E-state index contributed by atoms with van der Waals surface area (Å²) < 4.78 is 5.81.